The molecule has 7 aromatic rings. The fourth-order valence-electron chi connectivity index (χ4n) is 4.70. The lowest BCUT2D eigenvalue weighted by Gasteiger charge is -1.99. The van der Waals surface area contributed by atoms with Crippen molar-refractivity contribution in [3.63, 3.8) is 0 Å². The third kappa shape index (κ3) is 5.65. The molecule has 0 bridgehead atoms. The van der Waals surface area contributed by atoms with Gasteiger partial charge in [-0.1, -0.05) is 0 Å². The number of aromatic amines is 2. The van der Waals surface area contributed by atoms with E-state index in [1.165, 1.54) is 0 Å². The number of nitrogens with one attached hydrogen (secondary N) is 2. The Morgan fingerprint density at radius 3 is 1.33 bits per heavy atom. The number of aromatic nitrogens is 4. The van der Waals surface area contributed by atoms with Gasteiger partial charge in [-0.25, -0.2) is 0 Å². The van der Waals surface area contributed by atoms with E-state index in [-0.39, 0.29) is 12.8 Å². The monoisotopic (exact) mass is 660 g/mol. The molecule has 0 aromatic carbocycles. The van der Waals surface area contributed by atoms with Crippen LogP contribution in [0, 0.1) is 0 Å². The van der Waals surface area contributed by atoms with Crippen molar-refractivity contribution in [2.75, 3.05) is 0 Å². The first kappa shape index (κ1) is 27.7. The minimum Gasteiger partial charge on any atom is -0.481 e. The van der Waals surface area contributed by atoms with Crippen molar-refractivity contribution in [2.24, 2.45) is 0 Å². The Bertz CT molecular complexity index is 1910. The van der Waals surface area contributed by atoms with E-state index in [2.05, 4.69) is 20.4 Å². The van der Waals surface area contributed by atoms with Crippen molar-refractivity contribution >= 4 is 68.6 Å². The molecule has 0 aliphatic carbocycles. The van der Waals surface area contributed by atoms with E-state index < -0.39 is 11.9 Å². The summed E-state index contributed by atoms with van der Waals surface area (Å²) in [5, 5.41) is 33.5. The second-order valence-electron chi connectivity index (χ2n) is 9.48. The Morgan fingerprint density at radius 1 is 0.535 bits per heavy atom. The molecule has 0 spiro atoms. The fraction of sp³-hybridized carbons (Fsp3) is 0.0667. The average molecular weight is 661 g/mol. The number of carbonyl (C=O) groups is 2. The van der Waals surface area contributed by atoms with Crippen molar-refractivity contribution in [1.29, 1.82) is 0 Å². The average Bonchev–Trinajstić information content (AvgIpc) is 3.82. The van der Waals surface area contributed by atoms with E-state index in [0.717, 1.165) is 71.3 Å². The normalized spacial score (nSPS) is 11.3. The molecule has 13 heteroatoms. The highest BCUT2D eigenvalue weighted by atomic mass is 32.1. The Morgan fingerprint density at radius 2 is 0.930 bits per heavy atom. The predicted octanol–water partition coefficient (Wildman–Crippen LogP) is 8.70. The number of hydrogen-bond acceptors (Lipinski definition) is 9. The minimum absolute atomic E-state index is 0.0825. The molecule has 7 aromatic heterocycles. The van der Waals surface area contributed by atoms with Crippen LogP contribution in [0.15, 0.2) is 73.1 Å². The molecule has 0 aliphatic heterocycles. The fourth-order valence-corrected chi connectivity index (χ4v) is 10.5. The standard InChI is InChI=1S/C30H20N4O4S5/c35-27(36)13-15-11-25(21-3-1-19(39-21)17-7-9-31-33-17)42-29(15)23-5-6-24(41-23)30-16(14-28(37)38)12-26(43-30)22-4-2-20(40-22)18-8-10-32-34-18/h1-12H,13-14H2,(H,31,33)(H,32,34)(H,35,36)(H,37,38). The molecular formula is C30H20N4O4S5. The molecule has 0 unspecified atom stereocenters. The van der Waals surface area contributed by atoms with Gasteiger partial charge in [-0.2, -0.15) is 10.2 Å². The molecule has 0 saturated carbocycles. The van der Waals surface area contributed by atoms with Crippen molar-refractivity contribution in [1.82, 2.24) is 20.4 Å². The molecule has 0 aliphatic rings. The molecule has 8 nitrogen and oxygen atoms in total. The van der Waals surface area contributed by atoms with E-state index in [1.54, 1.807) is 69.1 Å². The molecule has 0 radical (unpaired) electrons. The van der Waals surface area contributed by atoms with Gasteiger partial charge in [0.1, 0.15) is 11.4 Å². The number of hydrogen-bond donors (Lipinski definition) is 4. The topological polar surface area (TPSA) is 132 Å². The van der Waals surface area contributed by atoms with Crippen LogP contribution in [0.3, 0.4) is 0 Å². The van der Waals surface area contributed by atoms with Gasteiger partial charge in [0.2, 0.25) is 0 Å². The summed E-state index contributed by atoms with van der Waals surface area (Å²) in [6, 6.07) is 19.9. The summed E-state index contributed by atoms with van der Waals surface area (Å²) in [4.78, 5) is 33.5. The maximum absolute atomic E-state index is 11.8. The molecule has 0 fully saturated rings. The molecule has 0 saturated heterocycles. The van der Waals surface area contributed by atoms with Gasteiger partial charge in [0, 0.05) is 51.4 Å². The molecule has 0 amide bonds. The molecule has 4 N–H and O–H groups in total. The summed E-state index contributed by atoms with van der Waals surface area (Å²) >= 11 is 7.94. The summed E-state index contributed by atoms with van der Waals surface area (Å²) in [7, 11) is 0. The zero-order valence-corrected chi connectivity index (χ0v) is 26.1. The lowest BCUT2D eigenvalue weighted by molar-refractivity contribution is -0.137. The summed E-state index contributed by atoms with van der Waals surface area (Å²) in [5.74, 6) is -1.77. The second-order valence-corrected chi connectivity index (χ2v) is 14.8. The molecular weight excluding hydrogens is 641 g/mol. The molecule has 7 rings (SSSR count). The highest BCUT2D eigenvalue weighted by Crippen LogP contribution is 2.48. The van der Waals surface area contributed by atoms with Gasteiger partial charge in [0.05, 0.1) is 22.6 Å². The maximum atomic E-state index is 11.8. The van der Waals surface area contributed by atoms with E-state index in [0.29, 0.717) is 0 Å². The van der Waals surface area contributed by atoms with E-state index >= 15 is 0 Å². The third-order valence-electron chi connectivity index (χ3n) is 6.56. The molecule has 43 heavy (non-hydrogen) atoms. The summed E-state index contributed by atoms with van der Waals surface area (Å²) in [6.45, 7) is 0. The van der Waals surface area contributed by atoms with Gasteiger partial charge >= 0.3 is 11.9 Å². The number of aliphatic carboxylic acids is 2. The molecule has 214 valence electrons. The van der Waals surface area contributed by atoms with E-state index in [4.69, 9.17) is 0 Å². The zero-order chi connectivity index (χ0) is 29.5. The molecule has 7 heterocycles. The van der Waals surface area contributed by atoms with E-state index in [9.17, 15) is 19.8 Å². The van der Waals surface area contributed by atoms with Crippen LogP contribution < -0.4 is 0 Å². The van der Waals surface area contributed by atoms with Crippen molar-refractivity contribution in [2.45, 2.75) is 12.8 Å². The Balaban J connectivity index is 1.24. The van der Waals surface area contributed by atoms with Gasteiger partial charge in [0.15, 0.2) is 0 Å². The van der Waals surface area contributed by atoms with Crippen LogP contribution in [0.25, 0.3) is 60.2 Å². The van der Waals surface area contributed by atoms with Crippen LogP contribution in [0.1, 0.15) is 11.1 Å². The van der Waals surface area contributed by atoms with Gasteiger partial charge in [-0.05, 0) is 71.8 Å². The first-order chi connectivity index (χ1) is 20.9. The van der Waals surface area contributed by atoms with Crippen LogP contribution in [0.5, 0.6) is 0 Å². The number of nitrogens with zero attached hydrogens (tertiary/aromatic N) is 2. The smallest absolute Gasteiger partial charge is 0.307 e. The van der Waals surface area contributed by atoms with Crippen LogP contribution in [-0.2, 0) is 22.4 Å². The van der Waals surface area contributed by atoms with Crippen molar-refractivity contribution < 1.29 is 19.8 Å². The lowest BCUT2D eigenvalue weighted by atomic mass is 10.1. The number of rotatable bonds is 10. The largest absolute Gasteiger partial charge is 0.481 e. The number of thiophene rings is 5. The van der Waals surface area contributed by atoms with Gasteiger partial charge < -0.3 is 10.2 Å². The molecule has 0 atom stereocenters. The lowest BCUT2D eigenvalue weighted by Crippen LogP contribution is -1.99. The van der Waals surface area contributed by atoms with Crippen molar-refractivity contribution in [3.05, 3.63) is 84.2 Å². The van der Waals surface area contributed by atoms with Crippen LogP contribution in [0.4, 0.5) is 0 Å². The van der Waals surface area contributed by atoms with Crippen LogP contribution in [0.2, 0.25) is 0 Å². The second kappa shape index (κ2) is 11.5. The Labute approximate surface area is 264 Å². The first-order valence-electron chi connectivity index (χ1n) is 12.9. The third-order valence-corrected chi connectivity index (χ3v) is 13.0. The summed E-state index contributed by atoms with van der Waals surface area (Å²) in [6.07, 6.45) is 3.41. The Kier molecular flexibility index (Phi) is 7.41. The van der Waals surface area contributed by atoms with Gasteiger partial charge in [-0.15, -0.1) is 56.7 Å². The highest BCUT2D eigenvalue weighted by molar-refractivity contribution is 7.30. The van der Waals surface area contributed by atoms with Gasteiger partial charge in [-0.3, -0.25) is 19.8 Å². The summed E-state index contributed by atoms with van der Waals surface area (Å²) in [5.41, 5.74) is 3.26. The zero-order valence-electron chi connectivity index (χ0n) is 22.0. The quantitative estimate of drug-likeness (QED) is 0.116. The van der Waals surface area contributed by atoms with E-state index in [1.807, 2.05) is 60.7 Å². The number of H-pyrrole nitrogens is 2. The van der Waals surface area contributed by atoms with Crippen molar-refractivity contribution in [3.8, 4) is 60.2 Å². The summed E-state index contributed by atoms with van der Waals surface area (Å²) < 4.78 is 0. The SMILES string of the molecule is O=C(O)Cc1cc(-c2ccc(-c3cc[nH]n3)s2)sc1-c1ccc(-c2sc(-c3ccc(-c4cc[nH]n4)s3)cc2CC(=O)O)s1. The van der Waals surface area contributed by atoms with Gasteiger partial charge in [0.25, 0.3) is 0 Å². The predicted molar refractivity (Wildman–Crippen MR) is 175 cm³/mol. The maximum Gasteiger partial charge on any atom is 0.307 e. The minimum atomic E-state index is -0.887. The number of carboxylic acids is 2. The number of carboxylic acid groups (broad SMARTS) is 2. The highest BCUT2D eigenvalue weighted by Gasteiger charge is 2.21. The Hall–Kier alpha value is -4.14. The first-order valence-corrected chi connectivity index (χ1v) is 17.0. The van der Waals surface area contributed by atoms with Crippen LogP contribution in [-0.4, -0.2) is 42.5 Å². The van der Waals surface area contributed by atoms with Crippen LogP contribution >= 0.6 is 56.7 Å².